The number of carbonyl (C=O) groups excluding carboxylic acids is 1. The van der Waals surface area contributed by atoms with Gasteiger partial charge in [-0.25, -0.2) is 4.39 Å². The maximum atomic E-state index is 14.5. The van der Waals surface area contributed by atoms with Gasteiger partial charge in [-0.2, -0.15) is 0 Å². The summed E-state index contributed by atoms with van der Waals surface area (Å²) in [5.41, 5.74) is 0.578. The predicted octanol–water partition coefficient (Wildman–Crippen LogP) is 2.91. The summed E-state index contributed by atoms with van der Waals surface area (Å²) in [6, 6.07) is 8.34. The van der Waals surface area contributed by atoms with Crippen molar-refractivity contribution in [3.8, 4) is 11.5 Å². The van der Waals surface area contributed by atoms with Gasteiger partial charge in [-0.15, -0.1) is 13.1 Å². The van der Waals surface area contributed by atoms with Crippen LogP contribution < -0.4 is 19.9 Å². The number of amides is 1. The second kappa shape index (κ2) is 8.11. The number of benzene rings is 1. The molecule has 1 aromatic carbocycles. The third-order valence-electron chi connectivity index (χ3n) is 4.47. The lowest BCUT2D eigenvalue weighted by Crippen LogP contribution is -2.27. The fourth-order valence-electron chi connectivity index (χ4n) is 2.96. The fraction of sp³-hybridized carbons (Fsp3) is 0.158. The number of aromatic nitrogens is 3. The van der Waals surface area contributed by atoms with Gasteiger partial charge < -0.3 is 9.47 Å². The minimum Gasteiger partial charge on any atom is -0.495 e. The Morgan fingerprint density at radius 1 is 1.20 bits per heavy atom. The van der Waals surface area contributed by atoms with E-state index in [0.29, 0.717) is 21.1 Å². The van der Waals surface area contributed by atoms with E-state index in [1.165, 1.54) is 30.3 Å². The highest BCUT2D eigenvalue weighted by atomic mass is 32.2. The first kappa shape index (κ1) is 19.8. The van der Waals surface area contributed by atoms with Crippen LogP contribution in [0.15, 0.2) is 47.4 Å². The summed E-state index contributed by atoms with van der Waals surface area (Å²) in [7, 11) is 1.53. The molecule has 1 aliphatic heterocycles. The lowest BCUT2D eigenvalue weighted by Gasteiger charge is -2.14. The van der Waals surface area contributed by atoms with Gasteiger partial charge >= 0.3 is 0 Å². The van der Waals surface area contributed by atoms with Crippen molar-refractivity contribution in [1.29, 1.82) is 0 Å². The molecule has 2 aromatic heterocycles. The van der Waals surface area contributed by atoms with Crippen molar-refractivity contribution in [3.05, 3.63) is 75.6 Å². The smallest absolute Gasteiger partial charge is 0.279 e. The second-order valence-electron chi connectivity index (χ2n) is 6.28. The number of pyridine rings is 1. The number of methoxy groups -OCH3 is 1. The van der Waals surface area contributed by atoms with Crippen molar-refractivity contribution in [2.24, 2.45) is 0 Å². The molecule has 1 aliphatic rings. The SMILES string of the molecule is COc1ccc(COc2cc3c(cc2F)C(=O)N(c2ccc(=O)n(SF)n2)C3)nc1. The third-order valence-corrected chi connectivity index (χ3v) is 4.86. The second-order valence-corrected chi connectivity index (χ2v) is 6.76. The quantitative estimate of drug-likeness (QED) is 0.592. The van der Waals surface area contributed by atoms with Crippen molar-refractivity contribution >= 4 is 24.1 Å². The Bertz CT molecular complexity index is 1170. The zero-order chi connectivity index (χ0) is 21.3. The van der Waals surface area contributed by atoms with Crippen LogP contribution in [0.2, 0.25) is 0 Å². The molecule has 11 heteroatoms. The summed E-state index contributed by atoms with van der Waals surface area (Å²) in [6.45, 7) is 0.103. The average Bonchev–Trinajstić information content (AvgIpc) is 3.08. The lowest BCUT2D eigenvalue weighted by molar-refractivity contribution is 0.0995. The van der Waals surface area contributed by atoms with Gasteiger partial charge in [-0.1, -0.05) is 0 Å². The maximum Gasteiger partial charge on any atom is 0.279 e. The molecule has 4 rings (SSSR count). The molecule has 0 saturated carbocycles. The molecule has 0 aliphatic carbocycles. The molecule has 3 aromatic rings. The highest BCUT2D eigenvalue weighted by molar-refractivity contribution is 7.92. The molecule has 0 spiro atoms. The molecule has 0 radical (unpaired) electrons. The van der Waals surface area contributed by atoms with Gasteiger partial charge in [0.15, 0.2) is 29.7 Å². The Hall–Kier alpha value is -3.47. The van der Waals surface area contributed by atoms with E-state index in [1.54, 1.807) is 12.1 Å². The third kappa shape index (κ3) is 3.71. The van der Waals surface area contributed by atoms with E-state index in [0.717, 1.165) is 12.1 Å². The maximum absolute atomic E-state index is 14.5. The molecule has 0 fully saturated rings. The Kier molecular flexibility index (Phi) is 5.36. The first-order valence-corrected chi connectivity index (χ1v) is 9.33. The predicted molar refractivity (Wildman–Crippen MR) is 105 cm³/mol. The average molecular weight is 432 g/mol. The van der Waals surface area contributed by atoms with Crippen LogP contribution in [0.3, 0.4) is 0 Å². The van der Waals surface area contributed by atoms with Crippen LogP contribution >= 0.6 is 12.3 Å². The molecule has 30 heavy (non-hydrogen) atoms. The molecule has 8 nitrogen and oxygen atoms in total. The van der Waals surface area contributed by atoms with E-state index in [4.69, 9.17) is 9.47 Å². The van der Waals surface area contributed by atoms with Gasteiger partial charge in [0, 0.05) is 11.6 Å². The van der Waals surface area contributed by atoms with Crippen molar-refractivity contribution in [2.75, 3.05) is 12.0 Å². The Morgan fingerprint density at radius 3 is 2.73 bits per heavy atom. The number of anilines is 1. The van der Waals surface area contributed by atoms with Crippen LogP contribution in [0.1, 0.15) is 21.6 Å². The van der Waals surface area contributed by atoms with E-state index < -0.39 is 17.3 Å². The van der Waals surface area contributed by atoms with Gasteiger partial charge in [0.1, 0.15) is 12.4 Å². The van der Waals surface area contributed by atoms with Gasteiger partial charge in [0.05, 0.1) is 25.5 Å². The molecule has 154 valence electrons. The Morgan fingerprint density at radius 2 is 2.03 bits per heavy atom. The number of hydrogen-bond donors (Lipinski definition) is 0. The molecule has 0 saturated heterocycles. The molecular formula is C19H14F2N4O4S. The first-order valence-electron chi connectivity index (χ1n) is 8.65. The van der Waals surface area contributed by atoms with Crippen molar-refractivity contribution in [3.63, 3.8) is 0 Å². The standard InChI is InChI=1S/C19H14F2N4O4S/c1-28-13-3-2-12(22-8-13)10-29-16-6-11-9-24(19(27)14(11)7-15(16)20)17-4-5-18(26)25(23-17)30-21/h2-8H,9-10H2,1H3. The van der Waals surface area contributed by atoms with Gasteiger partial charge in [0.25, 0.3) is 11.5 Å². The van der Waals surface area contributed by atoms with Crippen LogP contribution in [0.5, 0.6) is 11.5 Å². The summed E-state index contributed by atoms with van der Waals surface area (Å²) < 4.78 is 38.4. The van der Waals surface area contributed by atoms with Crippen LogP contribution in [0.25, 0.3) is 0 Å². The largest absolute Gasteiger partial charge is 0.495 e. The summed E-state index contributed by atoms with van der Waals surface area (Å²) >= 11 is -0.374. The van der Waals surface area contributed by atoms with E-state index in [-0.39, 0.29) is 42.6 Å². The van der Waals surface area contributed by atoms with Crippen LogP contribution in [-0.2, 0) is 13.2 Å². The monoisotopic (exact) mass is 432 g/mol. The Balaban J connectivity index is 1.55. The fourth-order valence-corrected chi connectivity index (χ4v) is 3.20. The van der Waals surface area contributed by atoms with E-state index >= 15 is 0 Å². The van der Waals surface area contributed by atoms with E-state index in [2.05, 4.69) is 10.1 Å². The Labute approximate surface area is 173 Å². The highest BCUT2D eigenvalue weighted by Crippen LogP contribution is 2.32. The summed E-state index contributed by atoms with van der Waals surface area (Å²) in [5.74, 6) is -0.569. The van der Waals surface area contributed by atoms with Crippen LogP contribution in [0, 0.1) is 5.82 Å². The lowest BCUT2D eigenvalue weighted by atomic mass is 10.1. The number of hydrogen-bond acceptors (Lipinski definition) is 7. The van der Waals surface area contributed by atoms with Crippen molar-refractivity contribution in [2.45, 2.75) is 13.2 Å². The topological polar surface area (TPSA) is 86.5 Å². The van der Waals surface area contributed by atoms with E-state index in [9.17, 15) is 17.9 Å². The van der Waals surface area contributed by atoms with Crippen molar-refractivity contribution in [1.82, 2.24) is 14.2 Å². The van der Waals surface area contributed by atoms with Gasteiger partial charge in [-0.05, 0) is 35.9 Å². The number of rotatable bonds is 6. The number of nitrogens with zero attached hydrogens (tertiary/aromatic N) is 4. The van der Waals surface area contributed by atoms with Crippen molar-refractivity contribution < 1.29 is 22.5 Å². The number of ether oxygens (including phenoxy) is 2. The van der Waals surface area contributed by atoms with Crippen LogP contribution in [-0.4, -0.2) is 27.2 Å². The van der Waals surface area contributed by atoms with Gasteiger partial charge in [0.2, 0.25) is 0 Å². The number of fused-ring (bicyclic) bond motifs is 1. The molecule has 0 N–H and O–H groups in total. The molecular weight excluding hydrogens is 418 g/mol. The molecule has 1 amide bonds. The molecule has 3 heterocycles. The summed E-state index contributed by atoms with van der Waals surface area (Å²) in [6.07, 6.45) is 1.52. The zero-order valence-electron chi connectivity index (χ0n) is 15.5. The normalized spacial score (nSPS) is 12.8. The van der Waals surface area contributed by atoms with Crippen LogP contribution in [0.4, 0.5) is 14.1 Å². The molecule has 0 atom stereocenters. The molecule has 0 unspecified atom stereocenters. The minimum atomic E-state index is -0.699. The number of halogens is 2. The minimum absolute atomic E-state index is 0.0254. The zero-order valence-corrected chi connectivity index (χ0v) is 16.4. The molecule has 0 bridgehead atoms. The van der Waals surface area contributed by atoms with Gasteiger partial charge in [-0.3, -0.25) is 19.5 Å². The summed E-state index contributed by atoms with van der Waals surface area (Å²) in [4.78, 5) is 29.5. The highest BCUT2D eigenvalue weighted by Gasteiger charge is 2.31. The van der Waals surface area contributed by atoms with E-state index in [1.807, 2.05) is 0 Å². The number of carbonyl (C=O) groups is 1. The first-order chi connectivity index (χ1) is 14.5. The summed E-state index contributed by atoms with van der Waals surface area (Å²) in [5, 5.41) is 3.79.